The molecule has 0 aliphatic heterocycles. The van der Waals surface area contributed by atoms with Crippen LogP contribution >= 0.6 is 0 Å². The normalized spacial score (nSPS) is 13.3. The molecule has 0 fully saturated rings. The summed E-state index contributed by atoms with van der Waals surface area (Å²) < 4.78 is 0. The van der Waals surface area contributed by atoms with Crippen molar-refractivity contribution in [3.63, 3.8) is 0 Å². The van der Waals surface area contributed by atoms with Crippen LogP contribution < -0.4 is 0 Å². The van der Waals surface area contributed by atoms with Crippen molar-refractivity contribution >= 4 is 6.08 Å². The molecule has 2 aromatic carbocycles. The van der Waals surface area contributed by atoms with Gasteiger partial charge in [-0.3, -0.25) is 6.08 Å². The molecule has 0 N–H and O–H groups in total. The Labute approximate surface area is 185 Å². The Morgan fingerprint density at radius 3 is 1.88 bits per heavy atom. The fraction of sp³-hybridized carbons (Fsp3) is 0.280. The van der Waals surface area contributed by atoms with Gasteiger partial charge >= 0.3 is 0 Å². The Balaban J connectivity index is -0.000000118. The zero-order valence-electron chi connectivity index (χ0n) is 18.5. The van der Waals surface area contributed by atoms with Gasteiger partial charge in [-0.1, -0.05) is 49.3 Å². The van der Waals surface area contributed by atoms with E-state index in [0.717, 1.165) is 0 Å². The van der Waals surface area contributed by atoms with Gasteiger partial charge in [-0.25, -0.2) is 18.2 Å². The summed E-state index contributed by atoms with van der Waals surface area (Å²) in [6.07, 6.45) is 6.89. The van der Waals surface area contributed by atoms with Gasteiger partial charge in [0.2, 0.25) is 0 Å². The van der Waals surface area contributed by atoms with Gasteiger partial charge in [-0.15, -0.1) is 11.6 Å². The zero-order valence-corrected chi connectivity index (χ0v) is 22.1. The van der Waals surface area contributed by atoms with Crippen LogP contribution in [0.5, 0.6) is 0 Å². The van der Waals surface area contributed by atoms with Crippen LogP contribution in [-0.4, -0.2) is 0 Å². The fourth-order valence-corrected chi connectivity index (χ4v) is 2.55. The molecule has 0 nitrogen and oxygen atoms in total. The third-order valence-electron chi connectivity index (χ3n) is 4.22. The van der Waals surface area contributed by atoms with E-state index in [0.29, 0.717) is 11.8 Å². The van der Waals surface area contributed by atoms with E-state index in [9.17, 15) is 0 Å². The van der Waals surface area contributed by atoms with Crippen molar-refractivity contribution < 1.29 is 25.8 Å². The van der Waals surface area contributed by atoms with Crippen LogP contribution in [0.25, 0.3) is 6.08 Å². The zero-order chi connectivity index (χ0) is 14.5. The van der Waals surface area contributed by atoms with E-state index < -0.39 is 0 Å². The Hall–Kier alpha value is -0.820. The van der Waals surface area contributed by atoms with Crippen molar-refractivity contribution in [3.05, 3.63) is 108 Å². The summed E-state index contributed by atoms with van der Waals surface area (Å²) in [6, 6.07) is 14.6. The van der Waals surface area contributed by atoms with Crippen LogP contribution in [0.2, 0.25) is 0 Å². The van der Waals surface area contributed by atoms with Gasteiger partial charge in [0, 0.05) is 25.8 Å². The molecule has 1 aliphatic carbocycles. The average molecular weight is 518 g/mol. The van der Waals surface area contributed by atoms with Gasteiger partial charge in [0.25, 0.3) is 0 Å². The van der Waals surface area contributed by atoms with E-state index in [1.54, 1.807) is 0 Å². The van der Waals surface area contributed by atoms with Crippen LogP contribution in [0.3, 0.4) is 0 Å². The van der Waals surface area contributed by atoms with E-state index >= 15 is 0 Å². The van der Waals surface area contributed by atoms with E-state index in [2.05, 4.69) is 52.0 Å². The molecule has 1 heteroatoms. The molecule has 0 amide bonds. The van der Waals surface area contributed by atoms with Crippen molar-refractivity contribution in [1.82, 2.24) is 0 Å². The fourth-order valence-electron chi connectivity index (χ4n) is 2.55. The molecule has 2 atom stereocenters. The van der Waals surface area contributed by atoms with E-state index in [1.807, 2.05) is 30.3 Å². The molecule has 0 spiro atoms. The summed E-state index contributed by atoms with van der Waals surface area (Å²) in [7, 11) is 0. The molecular formula is C25H39Hf-7. The van der Waals surface area contributed by atoms with Crippen molar-refractivity contribution in [2.75, 3.05) is 0 Å². The minimum atomic E-state index is 0. The molecule has 0 aromatic heterocycles. The summed E-state index contributed by atoms with van der Waals surface area (Å²) in [4.78, 5) is 0. The first-order valence-electron chi connectivity index (χ1n) is 7.50. The molecule has 0 saturated heterocycles. The molecule has 0 bridgehead atoms. The van der Waals surface area contributed by atoms with Gasteiger partial charge < -0.3 is 37.1 Å². The summed E-state index contributed by atoms with van der Waals surface area (Å²) in [5.74, 6) is 1.22. The van der Waals surface area contributed by atoms with Crippen LogP contribution in [0, 0.1) is 63.0 Å². The van der Waals surface area contributed by atoms with Crippen LogP contribution in [0.1, 0.15) is 48.4 Å². The first-order chi connectivity index (χ1) is 9.63. The second kappa shape index (κ2) is 17.6. The first kappa shape index (κ1) is 36.2. The van der Waals surface area contributed by atoms with Gasteiger partial charge in [-0.2, -0.15) is 23.8 Å². The molecule has 2 unspecified atom stereocenters. The molecule has 0 radical (unpaired) electrons. The van der Waals surface area contributed by atoms with Gasteiger partial charge in [0.05, 0.1) is 0 Å². The summed E-state index contributed by atoms with van der Waals surface area (Å²) in [5.41, 5.74) is 5.65. The third-order valence-corrected chi connectivity index (χ3v) is 4.22. The monoisotopic (exact) mass is 519 g/mol. The van der Waals surface area contributed by atoms with Crippen LogP contribution in [0.4, 0.5) is 0 Å². The molecule has 0 heterocycles. The van der Waals surface area contributed by atoms with Crippen molar-refractivity contribution in [1.29, 1.82) is 0 Å². The number of aryl methyl sites for hydroxylation is 2. The molecule has 1 aliphatic rings. The number of hydrogen-bond acceptors (Lipinski definition) is 0. The van der Waals surface area contributed by atoms with Crippen LogP contribution in [0.15, 0.2) is 42.5 Å². The summed E-state index contributed by atoms with van der Waals surface area (Å²) in [5, 5.41) is 0. The topological polar surface area (TPSA) is 0 Å². The quantitative estimate of drug-likeness (QED) is 0.280. The standard InChI is InChI=1S/C15H19.C5H5.5CH3.Hf/c1-5-10(2)14-7-6-13-8-11(3)12(4)9-15(13)14;1-2-4-5-3-1;;;;;;/h6,8-10,14H,5H2,1-4H3;1-5H;5*1H3;/q7*-1;. The first-order valence-corrected chi connectivity index (χ1v) is 7.50. The number of benzene rings is 1. The Kier molecular flexibility index (Phi) is 24.5. The minimum Gasteiger partial charge on any atom is -0.358 e. The molecule has 150 valence electrons. The van der Waals surface area contributed by atoms with Crippen LogP contribution in [-0.2, 0) is 25.8 Å². The largest absolute Gasteiger partial charge is 0.358 e. The Morgan fingerprint density at radius 1 is 0.962 bits per heavy atom. The van der Waals surface area contributed by atoms with E-state index in [-0.39, 0.29) is 63.0 Å². The van der Waals surface area contributed by atoms with Gasteiger partial charge in [0.15, 0.2) is 0 Å². The van der Waals surface area contributed by atoms with E-state index in [1.165, 1.54) is 28.7 Å². The number of hydrogen-bond donors (Lipinski definition) is 0. The second-order valence-electron chi connectivity index (χ2n) is 5.70. The second-order valence-corrected chi connectivity index (χ2v) is 5.70. The number of fused-ring (bicyclic) bond motifs is 1. The summed E-state index contributed by atoms with van der Waals surface area (Å²) >= 11 is 0. The molecule has 3 rings (SSSR count). The number of rotatable bonds is 2. The third kappa shape index (κ3) is 9.21. The Morgan fingerprint density at radius 2 is 1.46 bits per heavy atom. The number of allylic oxidation sites excluding steroid dienone is 1. The van der Waals surface area contributed by atoms with Crippen molar-refractivity contribution in [3.8, 4) is 0 Å². The van der Waals surface area contributed by atoms with E-state index in [4.69, 9.17) is 0 Å². The maximum Gasteiger partial charge on any atom is 0 e. The average Bonchev–Trinajstić information content (AvgIpc) is 3.11. The SMILES string of the molecule is CCC(C)C1[C-]=Cc2cc(C)c(C)cc21.[CH3-].[CH3-].[CH3-].[CH3-].[CH3-].[Hf].c1cc[cH-]c1. The van der Waals surface area contributed by atoms with Crippen molar-refractivity contribution in [2.24, 2.45) is 5.92 Å². The molecule has 26 heavy (non-hydrogen) atoms. The maximum absolute atomic E-state index is 3.50. The summed E-state index contributed by atoms with van der Waals surface area (Å²) in [6.45, 7) is 8.95. The van der Waals surface area contributed by atoms with Gasteiger partial charge in [0.1, 0.15) is 0 Å². The predicted molar refractivity (Wildman–Crippen MR) is 120 cm³/mol. The molecule has 0 saturated carbocycles. The maximum atomic E-state index is 3.50. The molecule has 2 aromatic rings. The van der Waals surface area contributed by atoms with Gasteiger partial charge in [-0.05, 0) is 13.8 Å². The minimum absolute atomic E-state index is 0. The smallest absolute Gasteiger partial charge is 0 e. The van der Waals surface area contributed by atoms with Crippen molar-refractivity contribution in [2.45, 2.75) is 40.0 Å². The predicted octanol–water partition coefficient (Wildman–Crippen LogP) is 7.92. The molecular weight excluding hydrogens is 479 g/mol. The Bertz CT molecular complexity index is 547.